The van der Waals surface area contributed by atoms with Crippen molar-refractivity contribution >= 4 is 17.0 Å². The monoisotopic (exact) mass is 259 g/mol. The molecule has 0 aliphatic heterocycles. The molecule has 0 bridgehead atoms. The van der Waals surface area contributed by atoms with E-state index in [1.807, 2.05) is 6.07 Å². The highest BCUT2D eigenvalue weighted by Crippen LogP contribution is 2.11. The minimum absolute atomic E-state index is 0.120. The summed E-state index contributed by atoms with van der Waals surface area (Å²) in [6, 6.07) is 8.41. The molecule has 0 aliphatic carbocycles. The molecule has 0 radical (unpaired) electrons. The van der Waals surface area contributed by atoms with Crippen LogP contribution in [0.1, 0.15) is 13.3 Å². The summed E-state index contributed by atoms with van der Waals surface area (Å²) in [6.07, 6.45) is 0.120. The van der Waals surface area contributed by atoms with E-state index < -0.39 is 11.8 Å². The number of rotatable bonds is 4. The first-order valence-corrected chi connectivity index (χ1v) is 5.89. The Hall–Kier alpha value is -2.55. The minimum atomic E-state index is -0.537. The van der Waals surface area contributed by atoms with Gasteiger partial charge in [-0.25, -0.2) is 4.79 Å². The molecule has 1 aromatic heterocycles. The first-order valence-electron chi connectivity index (χ1n) is 5.89. The number of amides is 1. The van der Waals surface area contributed by atoms with E-state index in [0.29, 0.717) is 11.1 Å². The third-order valence-corrected chi connectivity index (χ3v) is 2.71. The Labute approximate surface area is 109 Å². The van der Waals surface area contributed by atoms with Crippen LogP contribution in [-0.4, -0.2) is 16.5 Å². The van der Waals surface area contributed by atoms with Gasteiger partial charge >= 0.3 is 5.76 Å². The Morgan fingerprint density at radius 2 is 2.26 bits per heavy atom. The number of aromatic nitrogens is 1. The van der Waals surface area contributed by atoms with Crippen LogP contribution in [0.25, 0.3) is 11.1 Å². The fraction of sp³-hybridized carbons (Fsp3) is 0.308. The van der Waals surface area contributed by atoms with Crippen molar-refractivity contribution in [2.24, 2.45) is 0 Å². The Kier molecular flexibility index (Phi) is 3.66. The highest BCUT2D eigenvalue weighted by Gasteiger charge is 2.11. The summed E-state index contributed by atoms with van der Waals surface area (Å²) in [7, 11) is 0. The standard InChI is InChI=1S/C13H13N3O3/c1-9(8-14)15-12(17)6-7-16-10-4-2-3-5-11(10)19-13(16)18/h2-5,9H,6-7H2,1H3,(H,15,17)/t9-/m1/s1. The van der Waals surface area contributed by atoms with Crippen LogP contribution in [0.2, 0.25) is 0 Å². The van der Waals surface area contributed by atoms with Crippen LogP contribution in [-0.2, 0) is 11.3 Å². The van der Waals surface area contributed by atoms with E-state index in [1.54, 1.807) is 31.2 Å². The average Bonchev–Trinajstić information content (AvgIpc) is 2.71. The van der Waals surface area contributed by atoms with E-state index >= 15 is 0 Å². The molecule has 1 atom stereocenters. The quantitative estimate of drug-likeness (QED) is 0.887. The van der Waals surface area contributed by atoms with Crippen molar-refractivity contribution in [3.63, 3.8) is 0 Å². The summed E-state index contributed by atoms with van der Waals surface area (Å²) < 4.78 is 6.47. The van der Waals surface area contributed by atoms with Crippen LogP contribution in [0.3, 0.4) is 0 Å². The van der Waals surface area contributed by atoms with E-state index in [1.165, 1.54) is 4.57 Å². The molecule has 0 spiro atoms. The number of nitrogens with one attached hydrogen (secondary N) is 1. The largest absolute Gasteiger partial charge is 0.419 e. The lowest BCUT2D eigenvalue weighted by Gasteiger charge is -2.06. The SMILES string of the molecule is C[C@H](C#N)NC(=O)CCn1c(=O)oc2ccccc21. The number of hydrogen-bond donors (Lipinski definition) is 1. The summed E-state index contributed by atoms with van der Waals surface area (Å²) in [5.74, 6) is -0.756. The number of aryl methyl sites for hydroxylation is 1. The number of hydrogen-bond acceptors (Lipinski definition) is 4. The van der Waals surface area contributed by atoms with Crippen molar-refractivity contribution in [1.82, 2.24) is 9.88 Å². The number of benzene rings is 1. The van der Waals surface area contributed by atoms with E-state index in [2.05, 4.69) is 5.32 Å². The number of nitrogens with zero attached hydrogens (tertiary/aromatic N) is 2. The molecule has 1 amide bonds. The summed E-state index contributed by atoms with van der Waals surface area (Å²) in [5, 5.41) is 11.1. The molecule has 0 unspecified atom stereocenters. The predicted octanol–water partition coefficient (Wildman–Crippen LogP) is 1.01. The number of para-hydroxylation sites is 2. The zero-order chi connectivity index (χ0) is 13.8. The zero-order valence-corrected chi connectivity index (χ0v) is 10.4. The van der Waals surface area contributed by atoms with Gasteiger partial charge in [0.15, 0.2) is 5.58 Å². The van der Waals surface area contributed by atoms with Gasteiger partial charge in [0.1, 0.15) is 6.04 Å². The smallest absolute Gasteiger partial charge is 0.408 e. The van der Waals surface area contributed by atoms with E-state index in [4.69, 9.17) is 9.68 Å². The van der Waals surface area contributed by atoms with Crippen LogP contribution < -0.4 is 11.1 Å². The van der Waals surface area contributed by atoms with Gasteiger partial charge in [0.25, 0.3) is 0 Å². The van der Waals surface area contributed by atoms with Crippen molar-refractivity contribution in [2.45, 2.75) is 25.9 Å². The maximum atomic E-state index is 11.6. The molecule has 19 heavy (non-hydrogen) atoms. The van der Waals surface area contributed by atoms with Crippen LogP contribution >= 0.6 is 0 Å². The average molecular weight is 259 g/mol. The normalized spacial score (nSPS) is 12.0. The van der Waals surface area contributed by atoms with E-state index in [-0.39, 0.29) is 18.9 Å². The maximum absolute atomic E-state index is 11.6. The molecule has 1 aromatic carbocycles. The Morgan fingerprint density at radius 1 is 1.53 bits per heavy atom. The van der Waals surface area contributed by atoms with Gasteiger partial charge in [-0.05, 0) is 19.1 Å². The van der Waals surface area contributed by atoms with Gasteiger partial charge in [-0.2, -0.15) is 5.26 Å². The zero-order valence-electron chi connectivity index (χ0n) is 10.4. The Balaban J connectivity index is 2.10. The first-order chi connectivity index (χ1) is 9.11. The molecule has 0 saturated heterocycles. The molecule has 0 saturated carbocycles. The van der Waals surface area contributed by atoms with Crippen LogP contribution in [0.15, 0.2) is 33.5 Å². The van der Waals surface area contributed by atoms with E-state index in [0.717, 1.165) is 0 Å². The molecule has 1 N–H and O–H groups in total. The lowest BCUT2D eigenvalue weighted by atomic mass is 10.3. The lowest BCUT2D eigenvalue weighted by molar-refractivity contribution is -0.121. The third-order valence-electron chi connectivity index (χ3n) is 2.71. The Bertz CT molecular complexity index is 693. The van der Waals surface area contributed by atoms with Gasteiger partial charge in [0.2, 0.25) is 5.91 Å². The second-order valence-corrected chi connectivity index (χ2v) is 4.16. The molecule has 0 aliphatic rings. The van der Waals surface area contributed by atoms with Gasteiger partial charge in [-0.15, -0.1) is 0 Å². The van der Waals surface area contributed by atoms with Crippen LogP contribution in [0, 0.1) is 11.3 Å². The second kappa shape index (κ2) is 5.40. The summed E-state index contributed by atoms with van der Waals surface area (Å²) in [4.78, 5) is 23.2. The van der Waals surface area contributed by atoms with Crippen molar-refractivity contribution < 1.29 is 9.21 Å². The van der Waals surface area contributed by atoms with Gasteiger partial charge in [-0.1, -0.05) is 12.1 Å². The molecular weight excluding hydrogens is 246 g/mol. The van der Waals surface area contributed by atoms with Crippen molar-refractivity contribution in [2.75, 3.05) is 0 Å². The highest BCUT2D eigenvalue weighted by molar-refractivity contribution is 5.77. The molecule has 2 aromatic rings. The molecule has 6 heteroatoms. The summed E-state index contributed by atoms with van der Waals surface area (Å²) >= 11 is 0. The Morgan fingerprint density at radius 3 is 3.00 bits per heavy atom. The summed E-state index contributed by atoms with van der Waals surface area (Å²) in [6.45, 7) is 1.82. The molecule has 2 rings (SSSR count). The van der Waals surface area contributed by atoms with E-state index in [9.17, 15) is 9.59 Å². The third kappa shape index (κ3) is 2.83. The van der Waals surface area contributed by atoms with Gasteiger partial charge in [-0.3, -0.25) is 9.36 Å². The molecule has 6 nitrogen and oxygen atoms in total. The maximum Gasteiger partial charge on any atom is 0.419 e. The van der Waals surface area contributed by atoms with Crippen molar-refractivity contribution in [3.8, 4) is 6.07 Å². The van der Waals surface area contributed by atoms with Crippen molar-refractivity contribution in [3.05, 3.63) is 34.8 Å². The topological polar surface area (TPSA) is 88.0 Å². The van der Waals surface area contributed by atoms with Crippen LogP contribution in [0.4, 0.5) is 0 Å². The number of carbonyl (C=O) groups is 1. The van der Waals surface area contributed by atoms with Crippen LogP contribution in [0.5, 0.6) is 0 Å². The second-order valence-electron chi connectivity index (χ2n) is 4.16. The molecular formula is C13H13N3O3. The molecule has 1 heterocycles. The summed E-state index contributed by atoms with van der Waals surface area (Å²) in [5.41, 5.74) is 1.16. The number of nitriles is 1. The lowest BCUT2D eigenvalue weighted by Crippen LogP contribution is -2.32. The van der Waals surface area contributed by atoms with Gasteiger partial charge < -0.3 is 9.73 Å². The molecule has 98 valence electrons. The number of oxazole rings is 1. The molecule has 0 fully saturated rings. The fourth-order valence-electron chi connectivity index (χ4n) is 1.78. The van der Waals surface area contributed by atoms with Crippen molar-refractivity contribution in [1.29, 1.82) is 5.26 Å². The first kappa shape index (κ1) is 12.9. The number of carbonyl (C=O) groups excluding carboxylic acids is 1. The predicted molar refractivity (Wildman–Crippen MR) is 68.3 cm³/mol. The van der Waals surface area contributed by atoms with Gasteiger partial charge in [0.05, 0.1) is 11.6 Å². The highest BCUT2D eigenvalue weighted by atomic mass is 16.4. The number of fused-ring (bicyclic) bond motifs is 1. The van der Waals surface area contributed by atoms with Gasteiger partial charge in [0, 0.05) is 13.0 Å². The fourth-order valence-corrected chi connectivity index (χ4v) is 1.78. The minimum Gasteiger partial charge on any atom is -0.408 e.